The van der Waals surface area contributed by atoms with Crippen LogP contribution in [0, 0.1) is 0 Å². The molecule has 0 aromatic rings. The summed E-state index contributed by atoms with van der Waals surface area (Å²) in [5.74, 6) is -0.254. The van der Waals surface area contributed by atoms with Crippen LogP contribution in [0.4, 0.5) is 0 Å². The Bertz CT molecular complexity index is 1730. The number of hydrogen-bond acceptors (Lipinski definition) is 8. The first-order valence-corrected chi connectivity index (χ1v) is 31.1. The first kappa shape index (κ1) is 72.1. The van der Waals surface area contributed by atoms with Crippen LogP contribution in [0.15, 0.2) is 146 Å². The lowest BCUT2D eigenvalue weighted by Crippen LogP contribution is -2.60. The molecule has 1 fully saturated rings. The van der Waals surface area contributed by atoms with Crippen molar-refractivity contribution in [2.24, 2.45) is 0 Å². The van der Waals surface area contributed by atoms with Crippen LogP contribution in [-0.4, -0.2) is 87.5 Å². The second-order valence-electron chi connectivity index (χ2n) is 20.7. The summed E-state index contributed by atoms with van der Waals surface area (Å²) in [4.78, 5) is 13.1. The zero-order chi connectivity index (χ0) is 56.5. The van der Waals surface area contributed by atoms with Gasteiger partial charge in [-0.3, -0.25) is 4.79 Å². The van der Waals surface area contributed by atoms with E-state index in [1.54, 1.807) is 6.08 Å². The largest absolute Gasteiger partial charge is 0.394 e. The van der Waals surface area contributed by atoms with Gasteiger partial charge in [0.15, 0.2) is 6.29 Å². The molecule has 0 aliphatic carbocycles. The molecule has 9 nitrogen and oxygen atoms in total. The lowest BCUT2D eigenvalue weighted by molar-refractivity contribution is -0.302. The van der Waals surface area contributed by atoms with Crippen LogP contribution >= 0.6 is 0 Å². The maximum atomic E-state index is 13.1. The summed E-state index contributed by atoms with van der Waals surface area (Å²) < 4.78 is 11.2. The summed E-state index contributed by atoms with van der Waals surface area (Å²) in [6.45, 7) is 3.61. The second-order valence-corrected chi connectivity index (χ2v) is 20.7. The number of rotatable bonds is 51. The highest BCUT2D eigenvalue weighted by Crippen LogP contribution is 2.23. The predicted octanol–water partition coefficient (Wildman–Crippen LogP) is 16.2. The van der Waals surface area contributed by atoms with E-state index in [-0.39, 0.29) is 18.9 Å². The van der Waals surface area contributed by atoms with Gasteiger partial charge in [0.1, 0.15) is 24.4 Å². The van der Waals surface area contributed by atoms with Crippen LogP contribution in [0.3, 0.4) is 0 Å². The van der Waals surface area contributed by atoms with Crippen LogP contribution in [0.2, 0.25) is 0 Å². The highest BCUT2D eigenvalue weighted by molar-refractivity contribution is 5.76. The molecule has 1 aliphatic rings. The summed E-state index contributed by atoms with van der Waals surface area (Å²) in [6.07, 6.45) is 80.7. The smallest absolute Gasteiger partial charge is 0.220 e. The first-order valence-electron chi connectivity index (χ1n) is 31.1. The van der Waals surface area contributed by atoms with Gasteiger partial charge in [-0.05, 0) is 109 Å². The lowest BCUT2D eigenvalue weighted by atomic mass is 9.99. The number of carbonyl (C=O) groups excluding carboxylic acids is 1. The minimum atomic E-state index is -1.60. The Kier molecular flexibility index (Phi) is 52.1. The van der Waals surface area contributed by atoms with E-state index in [0.717, 1.165) is 89.9 Å². The number of hydrogen-bond donors (Lipinski definition) is 6. The maximum absolute atomic E-state index is 13.1. The molecule has 1 heterocycles. The molecule has 7 atom stereocenters. The van der Waals surface area contributed by atoms with Gasteiger partial charge in [-0.2, -0.15) is 0 Å². The van der Waals surface area contributed by atoms with E-state index in [9.17, 15) is 30.3 Å². The van der Waals surface area contributed by atoms with Crippen LogP contribution in [-0.2, 0) is 14.3 Å². The van der Waals surface area contributed by atoms with E-state index < -0.39 is 49.5 Å². The summed E-state index contributed by atoms with van der Waals surface area (Å²) in [7, 11) is 0. The molecule has 7 unspecified atom stereocenters. The van der Waals surface area contributed by atoms with E-state index >= 15 is 0 Å². The Hall–Kier alpha value is -3.93. The van der Waals surface area contributed by atoms with Gasteiger partial charge in [-0.15, -0.1) is 0 Å². The fourth-order valence-electron chi connectivity index (χ4n) is 8.78. The van der Waals surface area contributed by atoms with E-state index in [1.807, 2.05) is 6.08 Å². The molecule has 0 bridgehead atoms. The van der Waals surface area contributed by atoms with Crippen molar-refractivity contribution in [3.05, 3.63) is 146 Å². The highest BCUT2D eigenvalue weighted by Gasteiger charge is 2.44. The Morgan fingerprint density at radius 2 is 0.808 bits per heavy atom. The number of amides is 1. The molecule has 78 heavy (non-hydrogen) atoms. The van der Waals surface area contributed by atoms with E-state index in [0.29, 0.717) is 12.8 Å². The molecule has 1 rings (SSSR count). The standard InChI is InChI=1S/C69H113NO8/c1-3-5-7-9-11-13-15-17-19-21-23-25-27-29-31-32-33-35-37-39-41-43-45-47-49-51-53-55-57-59-65(73)70-62(61-77-69-68(76)67(75)66(74)64(60-71)78-69)63(72)58-56-54-52-50-48-46-44-42-40-38-36-34-30-28-26-24-22-20-18-16-14-12-10-8-6-4-2/h5,7,11,13,17,19,23,25,29,31,33,35,39-42,45,47-48,50-51,53,56,58,62-64,66-69,71-72,74-76H,3-4,6,8-10,12,14-16,18,20-22,24,26-28,30,32,34,36-38,43-44,46,49,52,54-55,57,59-61H2,1-2H3,(H,70,73)/b7-5-,13-11-,19-17-,25-23-,31-29-,35-33-,41-39-,42-40+,47-45-,50-48+,53-51-,58-56+. The van der Waals surface area contributed by atoms with Gasteiger partial charge in [0.25, 0.3) is 0 Å². The second kappa shape index (κ2) is 56.3. The summed E-state index contributed by atoms with van der Waals surface area (Å²) in [5.41, 5.74) is 0. The number of allylic oxidation sites excluding steroid dienone is 23. The lowest BCUT2D eigenvalue weighted by Gasteiger charge is -2.40. The average Bonchev–Trinajstić information content (AvgIpc) is 3.45. The molecular weight excluding hydrogens is 971 g/mol. The molecule has 0 spiro atoms. The zero-order valence-corrected chi connectivity index (χ0v) is 49.1. The number of nitrogens with one attached hydrogen (secondary N) is 1. The van der Waals surface area contributed by atoms with Crippen LogP contribution in [0.1, 0.15) is 226 Å². The van der Waals surface area contributed by atoms with Crippen molar-refractivity contribution >= 4 is 5.91 Å². The molecule has 1 amide bonds. The summed E-state index contributed by atoms with van der Waals surface area (Å²) in [6, 6.07) is -0.872. The number of aliphatic hydroxyl groups is 5. The Morgan fingerprint density at radius 3 is 1.23 bits per heavy atom. The Balaban J connectivity index is 2.31. The van der Waals surface area contributed by atoms with Crippen LogP contribution < -0.4 is 5.32 Å². The average molecular weight is 1080 g/mol. The normalized spacial score (nSPS) is 19.7. The van der Waals surface area contributed by atoms with Crippen molar-refractivity contribution in [3.63, 3.8) is 0 Å². The molecule has 0 saturated carbocycles. The van der Waals surface area contributed by atoms with Crippen LogP contribution in [0.5, 0.6) is 0 Å². The fourth-order valence-corrected chi connectivity index (χ4v) is 8.78. The van der Waals surface area contributed by atoms with Crippen molar-refractivity contribution in [3.8, 4) is 0 Å². The van der Waals surface area contributed by atoms with Gasteiger partial charge in [0, 0.05) is 6.42 Å². The third-order valence-corrected chi connectivity index (χ3v) is 13.6. The first-order chi connectivity index (χ1) is 38.3. The third kappa shape index (κ3) is 44.9. The molecular formula is C69H113NO8. The topological polar surface area (TPSA) is 149 Å². The molecule has 0 radical (unpaired) electrons. The van der Waals surface area contributed by atoms with E-state index in [1.165, 1.54) is 103 Å². The fraction of sp³-hybridized carbons (Fsp3) is 0.638. The van der Waals surface area contributed by atoms with Gasteiger partial charge < -0.3 is 40.3 Å². The minimum absolute atomic E-state index is 0.239. The molecule has 0 aromatic heterocycles. The van der Waals surface area contributed by atoms with E-state index in [4.69, 9.17) is 9.47 Å². The SMILES string of the molecule is CC/C=C\C/C=C\C/C=C\C/C=C\C/C=C\C/C=C\C/C=C\C/C=C\C/C=C\CCCC(=O)NC(COC1OC(CO)C(O)C(O)C1O)C(O)/C=C/CC/C=C/CC/C=C/CCCCCCCCCCCCCCCCCC. The molecule has 1 aliphatic heterocycles. The molecule has 442 valence electrons. The molecule has 9 heteroatoms. The minimum Gasteiger partial charge on any atom is -0.394 e. The Morgan fingerprint density at radius 1 is 0.449 bits per heavy atom. The molecule has 1 saturated heterocycles. The van der Waals surface area contributed by atoms with Gasteiger partial charge in [-0.25, -0.2) is 0 Å². The number of carbonyl (C=O) groups is 1. The number of ether oxygens (including phenoxy) is 2. The van der Waals surface area contributed by atoms with Gasteiger partial charge in [0.05, 0.1) is 25.4 Å². The van der Waals surface area contributed by atoms with Crippen molar-refractivity contribution < 1.29 is 39.8 Å². The zero-order valence-electron chi connectivity index (χ0n) is 49.1. The van der Waals surface area contributed by atoms with E-state index in [2.05, 4.69) is 153 Å². The van der Waals surface area contributed by atoms with Gasteiger partial charge in [-0.1, -0.05) is 256 Å². The maximum Gasteiger partial charge on any atom is 0.220 e. The van der Waals surface area contributed by atoms with Crippen molar-refractivity contribution in [2.75, 3.05) is 13.2 Å². The van der Waals surface area contributed by atoms with Crippen LogP contribution in [0.25, 0.3) is 0 Å². The number of aliphatic hydroxyl groups excluding tert-OH is 5. The molecule has 0 aromatic carbocycles. The van der Waals surface area contributed by atoms with Crippen molar-refractivity contribution in [1.29, 1.82) is 0 Å². The number of unbranched alkanes of at least 4 members (excludes halogenated alkanes) is 19. The van der Waals surface area contributed by atoms with Crippen molar-refractivity contribution in [1.82, 2.24) is 5.32 Å². The third-order valence-electron chi connectivity index (χ3n) is 13.6. The monoisotopic (exact) mass is 1080 g/mol. The van der Waals surface area contributed by atoms with Gasteiger partial charge >= 0.3 is 0 Å². The Labute approximate surface area is 476 Å². The summed E-state index contributed by atoms with van der Waals surface area (Å²) in [5, 5.41) is 54.5. The summed E-state index contributed by atoms with van der Waals surface area (Å²) >= 11 is 0. The molecule has 6 N–H and O–H groups in total. The van der Waals surface area contributed by atoms with Gasteiger partial charge in [0.2, 0.25) is 5.91 Å². The highest BCUT2D eigenvalue weighted by atomic mass is 16.7. The van der Waals surface area contributed by atoms with Crippen molar-refractivity contribution in [2.45, 2.75) is 269 Å². The quantitative estimate of drug-likeness (QED) is 0.0261. The predicted molar refractivity (Wildman–Crippen MR) is 331 cm³/mol.